The van der Waals surface area contributed by atoms with E-state index in [1.807, 2.05) is 0 Å². The van der Waals surface area contributed by atoms with E-state index in [4.69, 9.17) is 5.73 Å². The van der Waals surface area contributed by atoms with Crippen molar-refractivity contribution in [3.63, 3.8) is 0 Å². The summed E-state index contributed by atoms with van der Waals surface area (Å²) in [6.45, 7) is 2.21. The first-order valence-electron chi connectivity index (χ1n) is 6.09. The number of nitrogens with zero attached hydrogens (tertiary/aromatic N) is 1. The monoisotopic (exact) mass is 258 g/mol. The first-order valence-corrected chi connectivity index (χ1v) is 6.09. The van der Waals surface area contributed by atoms with Gasteiger partial charge in [-0.1, -0.05) is 18.2 Å². The largest absolute Gasteiger partial charge is 0.416 e. The third-order valence-electron chi connectivity index (χ3n) is 3.20. The third-order valence-corrected chi connectivity index (χ3v) is 3.20. The maximum Gasteiger partial charge on any atom is 0.416 e. The molecule has 1 heterocycles. The molecule has 1 aliphatic rings. The van der Waals surface area contributed by atoms with E-state index in [2.05, 4.69) is 4.90 Å². The Hall–Kier alpha value is -1.07. The van der Waals surface area contributed by atoms with Crippen molar-refractivity contribution in [2.75, 3.05) is 13.1 Å². The number of alkyl halides is 3. The van der Waals surface area contributed by atoms with Gasteiger partial charge < -0.3 is 5.73 Å². The summed E-state index contributed by atoms with van der Waals surface area (Å²) in [5.74, 6) is 0. The van der Waals surface area contributed by atoms with E-state index in [0.29, 0.717) is 12.1 Å². The molecule has 1 aromatic carbocycles. The van der Waals surface area contributed by atoms with E-state index in [9.17, 15) is 13.2 Å². The smallest absolute Gasteiger partial charge is 0.327 e. The van der Waals surface area contributed by atoms with Crippen molar-refractivity contribution in [3.05, 3.63) is 35.4 Å². The summed E-state index contributed by atoms with van der Waals surface area (Å²) in [5, 5.41) is 0. The second-order valence-corrected chi connectivity index (χ2v) is 4.84. The average Bonchev–Trinajstić information content (AvgIpc) is 2.28. The molecule has 0 amide bonds. The molecule has 18 heavy (non-hydrogen) atoms. The Bertz CT molecular complexity index is 403. The van der Waals surface area contributed by atoms with Crippen LogP contribution in [-0.4, -0.2) is 24.0 Å². The minimum Gasteiger partial charge on any atom is -0.327 e. The van der Waals surface area contributed by atoms with Crippen molar-refractivity contribution in [2.45, 2.75) is 31.6 Å². The Morgan fingerprint density at radius 1 is 1.33 bits per heavy atom. The van der Waals surface area contributed by atoms with E-state index < -0.39 is 11.7 Å². The van der Waals surface area contributed by atoms with E-state index >= 15 is 0 Å². The molecule has 100 valence electrons. The lowest BCUT2D eigenvalue weighted by Crippen LogP contribution is -2.42. The number of piperidine rings is 1. The summed E-state index contributed by atoms with van der Waals surface area (Å²) >= 11 is 0. The minimum atomic E-state index is -4.27. The van der Waals surface area contributed by atoms with Crippen molar-refractivity contribution >= 4 is 0 Å². The molecule has 1 aromatic rings. The molecule has 0 aliphatic carbocycles. The van der Waals surface area contributed by atoms with Crippen LogP contribution < -0.4 is 5.73 Å². The van der Waals surface area contributed by atoms with Crippen LogP contribution in [0.3, 0.4) is 0 Å². The van der Waals surface area contributed by atoms with Crippen molar-refractivity contribution < 1.29 is 13.2 Å². The number of rotatable bonds is 2. The highest BCUT2D eigenvalue weighted by molar-refractivity contribution is 5.25. The van der Waals surface area contributed by atoms with E-state index in [-0.39, 0.29) is 6.04 Å². The molecular weight excluding hydrogens is 241 g/mol. The van der Waals surface area contributed by atoms with E-state index in [1.54, 1.807) is 6.07 Å². The average molecular weight is 258 g/mol. The van der Waals surface area contributed by atoms with Crippen LogP contribution in [0.2, 0.25) is 0 Å². The van der Waals surface area contributed by atoms with Gasteiger partial charge in [-0.2, -0.15) is 13.2 Å². The molecule has 1 unspecified atom stereocenters. The fourth-order valence-corrected chi connectivity index (χ4v) is 2.34. The van der Waals surface area contributed by atoms with Crippen LogP contribution in [0.4, 0.5) is 13.2 Å². The molecule has 0 saturated carbocycles. The van der Waals surface area contributed by atoms with Gasteiger partial charge in [-0.05, 0) is 31.0 Å². The minimum absolute atomic E-state index is 0.143. The molecule has 1 aliphatic heterocycles. The normalized spacial score (nSPS) is 22.1. The number of hydrogen-bond donors (Lipinski definition) is 1. The standard InChI is InChI=1S/C13H17F3N2/c14-13(15,16)11-4-1-3-10(7-11)8-18-6-2-5-12(17)9-18/h1,3-4,7,12H,2,5-6,8-9,17H2. The van der Waals surface area contributed by atoms with Gasteiger partial charge in [0.25, 0.3) is 0 Å². The van der Waals surface area contributed by atoms with Crippen molar-refractivity contribution in [3.8, 4) is 0 Å². The van der Waals surface area contributed by atoms with Gasteiger partial charge in [0.2, 0.25) is 0 Å². The molecule has 0 radical (unpaired) electrons. The molecule has 5 heteroatoms. The van der Waals surface area contributed by atoms with Crippen molar-refractivity contribution in [1.29, 1.82) is 0 Å². The van der Waals surface area contributed by atoms with Crippen LogP contribution in [0.5, 0.6) is 0 Å². The van der Waals surface area contributed by atoms with Crippen LogP contribution in [-0.2, 0) is 12.7 Å². The highest BCUT2D eigenvalue weighted by atomic mass is 19.4. The molecule has 1 fully saturated rings. The van der Waals surface area contributed by atoms with Crippen LogP contribution in [0.1, 0.15) is 24.0 Å². The van der Waals surface area contributed by atoms with Crippen LogP contribution >= 0.6 is 0 Å². The topological polar surface area (TPSA) is 29.3 Å². The molecule has 0 aromatic heterocycles. The van der Waals surface area contributed by atoms with E-state index in [0.717, 1.165) is 32.0 Å². The Morgan fingerprint density at radius 3 is 2.78 bits per heavy atom. The van der Waals surface area contributed by atoms with Gasteiger partial charge in [0, 0.05) is 19.1 Å². The number of benzene rings is 1. The molecule has 1 saturated heterocycles. The zero-order valence-corrected chi connectivity index (χ0v) is 10.1. The Morgan fingerprint density at radius 2 is 2.11 bits per heavy atom. The van der Waals surface area contributed by atoms with Gasteiger partial charge in [0.05, 0.1) is 5.56 Å². The lowest BCUT2D eigenvalue weighted by Gasteiger charge is -2.30. The fraction of sp³-hybridized carbons (Fsp3) is 0.538. The van der Waals surface area contributed by atoms with Gasteiger partial charge in [-0.3, -0.25) is 4.90 Å². The van der Waals surface area contributed by atoms with Gasteiger partial charge >= 0.3 is 6.18 Å². The summed E-state index contributed by atoms with van der Waals surface area (Å²) in [6, 6.07) is 5.66. The van der Waals surface area contributed by atoms with Crippen LogP contribution in [0.25, 0.3) is 0 Å². The summed E-state index contributed by atoms with van der Waals surface area (Å²) in [4.78, 5) is 2.11. The molecule has 1 atom stereocenters. The van der Waals surface area contributed by atoms with Crippen LogP contribution in [0, 0.1) is 0 Å². The SMILES string of the molecule is NC1CCCN(Cc2cccc(C(F)(F)F)c2)C1. The molecule has 2 N–H and O–H groups in total. The zero-order valence-electron chi connectivity index (χ0n) is 10.1. The fourth-order valence-electron chi connectivity index (χ4n) is 2.34. The van der Waals surface area contributed by atoms with Gasteiger partial charge in [-0.15, -0.1) is 0 Å². The summed E-state index contributed by atoms with van der Waals surface area (Å²) in [7, 11) is 0. The number of likely N-dealkylation sites (tertiary alicyclic amines) is 1. The number of hydrogen-bond acceptors (Lipinski definition) is 2. The summed E-state index contributed by atoms with van der Waals surface area (Å²) in [5.41, 5.74) is 5.97. The Kier molecular flexibility index (Phi) is 3.92. The highest BCUT2D eigenvalue weighted by Crippen LogP contribution is 2.29. The number of nitrogens with two attached hydrogens (primary N) is 1. The maximum atomic E-state index is 12.6. The Balaban J connectivity index is 2.05. The quantitative estimate of drug-likeness (QED) is 0.883. The number of halogens is 3. The molecular formula is C13H17F3N2. The van der Waals surface area contributed by atoms with Gasteiger partial charge in [0.1, 0.15) is 0 Å². The first kappa shape index (κ1) is 13.4. The van der Waals surface area contributed by atoms with E-state index in [1.165, 1.54) is 12.1 Å². The first-order chi connectivity index (χ1) is 8.45. The lowest BCUT2D eigenvalue weighted by molar-refractivity contribution is -0.137. The summed E-state index contributed by atoms with van der Waals surface area (Å²) < 4.78 is 37.7. The zero-order chi connectivity index (χ0) is 13.2. The van der Waals surface area contributed by atoms with Crippen molar-refractivity contribution in [2.24, 2.45) is 5.73 Å². The molecule has 0 spiro atoms. The van der Waals surface area contributed by atoms with Crippen LogP contribution in [0.15, 0.2) is 24.3 Å². The molecule has 2 nitrogen and oxygen atoms in total. The molecule has 2 rings (SSSR count). The maximum absolute atomic E-state index is 12.6. The third kappa shape index (κ3) is 3.46. The lowest BCUT2D eigenvalue weighted by atomic mass is 10.0. The molecule has 0 bridgehead atoms. The highest BCUT2D eigenvalue weighted by Gasteiger charge is 2.30. The second-order valence-electron chi connectivity index (χ2n) is 4.84. The predicted octanol–water partition coefficient (Wildman–Crippen LogP) is 2.63. The summed E-state index contributed by atoms with van der Waals surface area (Å²) in [6.07, 6.45) is -2.26. The van der Waals surface area contributed by atoms with Gasteiger partial charge in [-0.25, -0.2) is 0 Å². The second kappa shape index (κ2) is 5.28. The Labute approximate surface area is 105 Å². The predicted molar refractivity (Wildman–Crippen MR) is 63.9 cm³/mol. The van der Waals surface area contributed by atoms with Crippen molar-refractivity contribution in [1.82, 2.24) is 4.90 Å². The van der Waals surface area contributed by atoms with Gasteiger partial charge in [0.15, 0.2) is 0 Å².